The molecule has 2 N–H and O–H groups in total. The highest BCUT2D eigenvalue weighted by atomic mass is 19.4. The minimum atomic E-state index is -5.68. The second kappa shape index (κ2) is 4.46. The molecule has 0 saturated heterocycles. The van der Waals surface area contributed by atoms with E-state index in [-0.39, 0.29) is 0 Å². The number of nitrogens with zero attached hydrogens (tertiary/aromatic N) is 2. The van der Waals surface area contributed by atoms with Gasteiger partial charge >= 0.3 is 12.1 Å². The number of hydrogen-bond acceptors (Lipinski definition) is 2. The third kappa shape index (κ3) is 2.33. The quantitative estimate of drug-likeness (QED) is 0.680. The van der Waals surface area contributed by atoms with E-state index in [0.29, 0.717) is 23.0 Å². The smallest absolute Gasteiger partial charge is 0.399 e. The average Bonchev–Trinajstić information content (AvgIpc) is 2.81. The predicted molar refractivity (Wildman–Crippen MR) is 62.7 cm³/mol. The average molecular weight is 291 g/mol. The van der Waals surface area contributed by atoms with E-state index in [4.69, 9.17) is 5.73 Å². The summed E-state index contributed by atoms with van der Waals surface area (Å²) in [6, 6.07) is 5.18. The molecular weight excluding hydrogens is 281 g/mol. The van der Waals surface area contributed by atoms with E-state index in [2.05, 4.69) is 5.10 Å². The van der Waals surface area contributed by atoms with Crippen molar-refractivity contribution in [2.45, 2.75) is 19.0 Å². The van der Waals surface area contributed by atoms with Crippen molar-refractivity contribution >= 4 is 5.69 Å². The molecule has 0 atom stereocenters. The van der Waals surface area contributed by atoms with Gasteiger partial charge in [0.2, 0.25) is 0 Å². The summed E-state index contributed by atoms with van der Waals surface area (Å²) in [5.41, 5.74) is 5.76. The van der Waals surface area contributed by atoms with Crippen LogP contribution in [-0.4, -0.2) is 16.0 Å². The van der Waals surface area contributed by atoms with E-state index in [1.807, 2.05) is 0 Å². The highest BCUT2D eigenvalue weighted by Crippen LogP contribution is 2.43. The maximum atomic E-state index is 13.1. The van der Waals surface area contributed by atoms with Crippen molar-refractivity contribution in [3.63, 3.8) is 0 Å². The van der Waals surface area contributed by atoms with Crippen LogP contribution in [0.5, 0.6) is 0 Å². The highest BCUT2D eigenvalue weighted by Gasteiger charge is 2.60. The van der Waals surface area contributed by atoms with Crippen molar-refractivity contribution in [2.75, 3.05) is 5.73 Å². The lowest BCUT2D eigenvalue weighted by atomic mass is 10.2. The van der Waals surface area contributed by atoms with Crippen molar-refractivity contribution in [1.29, 1.82) is 0 Å². The number of alkyl halides is 5. The maximum Gasteiger partial charge on any atom is 0.459 e. The topological polar surface area (TPSA) is 43.8 Å². The van der Waals surface area contributed by atoms with E-state index in [1.165, 1.54) is 18.2 Å². The van der Waals surface area contributed by atoms with Gasteiger partial charge in [-0.25, -0.2) is 4.68 Å². The molecule has 2 rings (SSSR count). The summed E-state index contributed by atoms with van der Waals surface area (Å²) >= 11 is 0. The van der Waals surface area contributed by atoms with Crippen LogP contribution in [0.1, 0.15) is 11.3 Å². The van der Waals surface area contributed by atoms with E-state index in [9.17, 15) is 22.0 Å². The first kappa shape index (κ1) is 14.3. The first-order chi connectivity index (χ1) is 9.13. The minimum absolute atomic E-state index is 0.348. The monoisotopic (exact) mass is 291 g/mol. The Morgan fingerprint density at radius 1 is 1.10 bits per heavy atom. The molecule has 0 saturated carbocycles. The van der Waals surface area contributed by atoms with Crippen LogP contribution in [0.4, 0.5) is 27.6 Å². The van der Waals surface area contributed by atoms with Crippen molar-refractivity contribution in [3.05, 3.63) is 41.7 Å². The molecule has 0 fully saturated rings. The zero-order valence-corrected chi connectivity index (χ0v) is 10.2. The number of nitrogen functional groups attached to an aromatic ring is 1. The van der Waals surface area contributed by atoms with E-state index in [1.54, 1.807) is 6.92 Å². The first-order valence-electron chi connectivity index (χ1n) is 5.50. The fourth-order valence-electron chi connectivity index (χ4n) is 1.58. The molecule has 0 bridgehead atoms. The van der Waals surface area contributed by atoms with Gasteiger partial charge in [-0.1, -0.05) is 0 Å². The maximum absolute atomic E-state index is 13.1. The van der Waals surface area contributed by atoms with Crippen LogP contribution >= 0.6 is 0 Å². The van der Waals surface area contributed by atoms with Crippen LogP contribution < -0.4 is 5.73 Å². The summed E-state index contributed by atoms with van der Waals surface area (Å²) in [6.07, 6.45) is -4.64. The van der Waals surface area contributed by atoms with Crippen LogP contribution in [0.25, 0.3) is 5.69 Å². The SMILES string of the molecule is Cc1cc(-n2ccc(C(F)(F)C(F)(F)F)n2)ccc1N. The fraction of sp³-hybridized carbons (Fsp3) is 0.250. The molecule has 0 radical (unpaired) electrons. The molecule has 0 unspecified atom stereocenters. The van der Waals surface area contributed by atoms with Gasteiger partial charge in [0.05, 0.1) is 5.69 Å². The summed E-state index contributed by atoms with van der Waals surface area (Å²) in [4.78, 5) is 0. The summed E-state index contributed by atoms with van der Waals surface area (Å²) in [6.45, 7) is 1.69. The Hall–Kier alpha value is -2.12. The molecule has 0 spiro atoms. The number of halogens is 5. The summed E-state index contributed by atoms with van der Waals surface area (Å²) in [7, 11) is 0. The first-order valence-corrected chi connectivity index (χ1v) is 5.50. The molecule has 3 nitrogen and oxygen atoms in total. The van der Waals surface area contributed by atoms with Crippen molar-refractivity contribution in [2.24, 2.45) is 0 Å². The van der Waals surface area contributed by atoms with Gasteiger partial charge in [-0.15, -0.1) is 0 Å². The molecule has 0 aliphatic rings. The number of anilines is 1. The van der Waals surface area contributed by atoms with Crippen LogP contribution in [0.15, 0.2) is 30.5 Å². The van der Waals surface area contributed by atoms with Crippen LogP contribution in [0.3, 0.4) is 0 Å². The Kier molecular flexibility index (Phi) is 3.19. The molecule has 20 heavy (non-hydrogen) atoms. The van der Waals surface area contributed by atoms with Crippen LogP contribution in [0, 0.1) is 6.92 Å². The Morgan fingerprint density at radius 2 is 1.75 bits per heavy atom. The molecule has 8 heteroatoms. The van der Waals surface area contributed by atoms with Gasteiger partial charge in [-0.05, 0) is 36.8 Å². The minimum Gasteiger partial charge on any atom is -0.399 e. The van der Waals surface area contributed by atoms with Crippen molar-refractivity contribution < 1.29 is 22.0 Å². The zero-order chi connectivity index (χ0) is 15.1. The molecule has 1 aromatic carbocycles. The van der Waals surface area contributed by atoms with Crippen molar-refractivity contribution in [3.8, 4) is 5.69 Å². The third-order valence-electron chi connectivity index (χ3n) is 2.78. The molecule has 108 valence electrons. The normalized spacial score (nSPS) is 12.7. The number of aromatic nitrogens is 2. The van der Waals surface area contributed by atoms with Gasteiger partial charge < -0.3 is 5.73 Å². The summed E-state index contributed by atoms with van der Waals surface area (Å²) in [5, 5.41) is 3.30. The number of hydrogen-bond donors (Lipinski definition) is 1. The zero-order valence-electron chi connectivity index (χ0n) is 10.2. The molecule has 0 aliphatic carbocycles. The van der Waals surface area contributed by atoms with Gasteiger partial charge in [-0.3, -0.25) is 0 Å². The highest BCUT2D eigenvalue weighted by molar-refractivity contribution is 5.51. The Bertz CT molecular complexity index is 630. The summed E-state index contributed by atoms with van der Waals surface area (Å²) in [5.74, 6) is -4.99. The Labute approximate surface area is 110 Å². The standard InChI is InChI=1S/C12H10F5N3/c1-7-6-8(2-3-9(7)18)20-5-4-10(19-20)11(13,14)12(15,16)17/h2-6H,18H2,1H3. The number of rotatable bonds is 2. The van der Waals surface area contributed by atoms with Gasteiger partial charge in [0, 0.05) is 11.9 Å². The number of benzene rings is 1. The number of aryl methyl sites for hydroxylation is 1. The van der Waals surface area contributed by atoms with Crippen LogP contribution in [-0.2, 0) is 5.92 Å². The molecule has 1 heterocycles. The van der Waals surface area contributed by atoms with E-state index < -0.39 is 17.8 Å². The fourth-order valence-corrected chi connectivity index (χ4v) is 1.58. The molecule has 1 aromatic heterocycles. The second-order valence-corrected chi connectivity index (χ2v) is 4.26. The number of nitrogens with two attached hydrogens (primary N) is 1. The van der Waals surface area contributed by atoms with Crippen molar-refractivity contribution in [1.82, 2.24) is 9.78 Å². The Balaban J connectivity index is 2.41. The van der Waals surface area contributed by atoms with E-state index >= 15 is 0 Å². The van der Waals surface area contributed by atoms with Crippen LogP contribution in [0.2, 0.25) is 0 Å². The second-order valence-electron chi connectivity index (χ2n) is 4.26. The largest absolute Gasteiger partial charge is 0.459 e. The third-order valence-corrected chi connectivity index (χ3v) is 2.78. The van der Waals surface area contributed by atoms with Gasteiger partial charge in [0.25, 0.3) is 0 Å². The molecule has 0 amide bonds. The molecule has 2 aromatic rings. The van der Waals surface area contributed by atoms with Gasteiger partial charge in [-0.2, -0.15) is 27.1 Å². The molecule has 0 aliphatic heterocycles. The lowest BCUT2D eigenvalue weighted by Gasteiger charge is -2.16. The lowest BCUT2D eigenvalue weighted by molar-refractivity contribution is -0.291. The Morgan fingerprint density at radius 3 is 2.30 bits per heavy atom. The molecular formula is C12H10F5N3. The van der Waals surface area contributed by atoms with Gasteiger partial charge in [0.15, 0.2) is 0 Å². The predicted octanol–water partition coefficient (Wildman–Crippen LogP) is 3.42. The van der Waals surface area contributed by atoms with E-state index in [0.717, 1.165) is 10.9 Å². The lowest BCUT2D eigenvalue weighted by Crippen LogP contribution is -2.34. The summed E-state index contributed by atoms with van der Waals surface area (Å²) < 4.78 is 63.9. The van der Waals surface area contributed by atoms with Gasteiger partial charge in [0.1, 0.15) is 5.69 Å².